The third kappa shape index (κ3) is 13.3. The molecule has 1 atom stereocenters. The molecule has 23 heteroatoms. The summed E-state index contributed by atoms with van der Waals surface area (Å²) in [7, 11) is 2.14. The van der Waals surface area contributed by atoms with Crippen molar-refractivity contribution in [2.45, 2.75) is 46.5 Å². The van der Waals surface area contributed by atoms with E-state index in [9.17, 15) is 44.8 Å². The molecular weight excluding hydrogens is 950 g/mol. The second-order valence-corrected chi connectivity index (χ2v) is 16.3. The number of rotatable bonds is 11. The molecule has 0 bridgehead atoms. The number of benzene rings is 2. The molecule has 2 aromatic heterocycles. The predicted octanol–water partition coefficient (Wildman–Crippen LogP) is 6.50. The Labute approximate surface area is 401 Å². The van der Waals surface area contributed by atoms with Gasteiger partial charge in [0.25, 0.3) is 0 Å². The Morgan fingerprint density at radius 1 is 0.836 bits per heavy atom. The number of allylic oxidation sites excluding steroid dienone is 7. The third-order valence-electron chi connectivity index (χ3n) is 10.1. The van der Waals surface area contributed by atoms with Crippen LogP contribution < -0.4 is 29.8 Å². The standard InChI is InChI=1S/C26H33N3O.2C9H6N4O4S.Co/c1-7-26(5)22-12-10-11-13-24(22)28(6)25(26)17-15-20-14-16-21(29(8-2)9-3)18-23(20)27-19(4)30;2*14-5-1-2-6(7(15)3-5)11-12-9-10-4-8(18-9)13(16)17;/h10-18H,7-9H2,1-6H3;2*1-4H,(H2,10,12,14,15);/p-1. The average Bonchev–Trinajstić information content (AvgIpc) is 4.02. The van der Waals surface area contributed by atoms with E-state index in [1.165, 1.54) is 41.3 Å². The van der Waals surface area contributed by atoms with Crippen LogP contribution >= 0.6 is 22.7 Å². The molecule has 20 nitrogen and oxygen atoms in total. The number of para-hydroxylation sites is 1. The zero-order valence-corrected chi connectivity index (χ0v) is 39.5. The van der Waals surface area contributed by atoms with Gasteiger partial charge in [0.05, 0.1) is 20.9 Å². The third-order valence-corrected chi connectivity index (χ3v) is 11.8. The summed E-state index contributed by atoms with van der Waals surface area (Å²) in [5.41, 5.74) is 7.03. The number of anilines is 2. The SMILES string of the molecule is CCN(CC)c1ccc(/C=C/C2=[N+](C)c3ccccc3C2(C)CC)c(NC(C)=O)c1.O=C1C=CC(=NN=c2[n-]cc([N+](=O)[O-])s2)C(O)=C1.O=C1C=CC(=NN=c2[n-]cc([N+](=O)[O-])s2)C(O)=C1.[Co]. The van der Waals surface area contributed by atoms with Crippen molar-refractivity contribution >= 4 is 90.4 Å². The molecule has 7 rings (SSSR count). The van der Waals surface area contributed by atoms with Gasteiger partial charge in [-0.3, -0.25) is 44.8 Å². The number of hydrogen-bond acceptors (Lipinski definition) is 16. The molecular formula is C44H44CoN11O9S2-. The number of carbonyl (C=O) groups is 3. The monoisotopic (exact) mass is 993 g/mol. The van der Waals surface area contributed by atoms with Crippen molar-refractivity contribution in [2.24, 2.45) is 20.4 Å². The first-order valence-electron chi connectivity index (χ1n) is 20.1. The fourth-order valence-corrected chi connectivity index (χ4v) is 7.73. The second kappa shape index (κ2) is 23.6. The summed E-state index contributed by atoms with van der Waals surface area (Å²) in [5.74, 6) is -1.37. The van der Waals surface area contributed by atoms with E-state index in [0.717, 1.165) is 83.7 Å². The summed E-state index contributed by atoms with van der Waals surface area (Å²) in [6.07, 6.45) is 14.5. The number of nitrogens with zero attached hydrogens (tertiary/aromatic N) is 10. The molecule has 0 saturated carbocycles. The molecule has 1 aliphatic heterocycles. The summed E-state index contributed by atoms with van der Waals surface area (Å²) in [6.45, 7) is 12.3. The Morgan fingerprint density at radius 3 is 1.81 bits per heavy atom. The van der Waals surface area contributed by atoms with Gasteiger partial charge in [0.15, 0.2) is 17.3 Å². The van der Waals surface area contributed by atoms with E-state index in [2.05, 4.69) is 135 Å². The number of aromatic nitrogens is 2. The minimum Gasteiger partial charge on any atom is -0.506 e. The summed E-state index contributed by atoms with van der Waals surface area (Å²) in [6, 6.07) is 14.9. The number of carbonyl (C=O) groups excluding carboxylic acids is 3. The van der Waals surface area contributed by atoms with E-state index in [0.29, 0.717) is 0 Å². The van der Waals surface area contributed by atoms with Crippen LogP contribution in [-0.4, -0.2) is 79.4 Å². The number of fused-ring (bicyclic) bond motifs is 1. The summed E-state index contributed by atoms with van der Waals surface area (Å²) >= 11 is 1.51. The Bertz CT molecular complexity index is 2850. The number of thiazole rings is 2. The van der Waals surface area contributed by atoms with Gasteiger partial charge in [-0.05, 0) is 75.3 Å². The van der Waals surface area contributed by atoms with Gasteiger partial charge in [0.1, 0.15) is 30.0 Å². The zero-order valence-electron chi connectivity index (χ0n) is 36.8. The molecule has 0 spiro atoms. The van der Waals surface area contributed by atoms with E-state index in [-0.39, 0.29) is 82.2 Å². The van der Waals surface area contributed by atoms with Crippen molar-refractivity contribution in [3.05, 3.63) is 150 Å². The van der Waals surface area contributed by atoms with Gasteiger partial charge in [-0.15, -0.1) is 0 Å². The van der Waals surface area contributed by atoms with Crippen molar-refractivity contribution in [1.29, 1.82) is 0 Å². The van der Waals surface area contributed by atoms with Gasteiger partial charge < -0.3 is 40.6 Å². The molecule has 351 valence electrons. The molecule has 67 heavy (non-hydrogen) atoms. The maximum Gasteiger partial charge on any atom is 0.319 e. The summed E-state index contributed by atoms with van der Waals surface area (Å²) in [4.78, 5) is 63.0. The second-order valence-electron chi connectivity index (χ2n) is 14.3. The number of nitro groups is 2. The van der Waals surface area contributed by atoms with Crippen molar-refractivity contribution in [2.75, 3.05) is 30.4 Å². The van der Waals surface area contributed by atoms with Gasteiger partial charge in [0.2, 0.25) is 11.6 Å². The molecule has 3 heterocycles. The van der Waals surface area contributed by atoms with Crippen molar-refractivity contribution < 1.29 is 55.8 Å². The Hall–Kier alpha value is -7.47. The molecule has 2 aliphatic carbocycles. The van der Waals surface area contributed by atoms with Gasteiger partial charge in [-0.1, -0.05) is 53.9 Å². The van der Waals surface area contributed by atoms with E-state index in [1.807, 2.05) is 0 Å². The average molecular weight is 994 g/mol. The van der Waals surface area contributed by atoms with E-state index in [1.54, 1.807) is 6.92 Å². The molecule has 4 aromatic rings. The van der Waals surface area contributed by atoms with Gasteiger partial charge in [-0.25, -0.2) is 0 Å². The molecule has 0 fully saturated rings. The topological polar surface area (TPSA) is 274 Å². The Kier molecular flexibility index (Phi) is 18.4. The van der Waals surface area contributed by atoms with Crippen LogP contribution in [0.25, 0.3) is 6.08 Å². The van der Waals surface area contributed by atoms with Gasteiger partial charge in [-0.2, -0.15) is 4.58 Å². The van der Waals surface area contributed by atoms with Crippen LogP contribution in [0, 0.1) is 20.2 Å². The first-order chi connectivity index (χ1) is 31.5. The number of ketones is 2. The molecule has 1 unspecified atom stereocenters. The molecule has 2 aromatic carbocycles. The molecule has 3 aliphatic rings. The maximum absolute atomic E-state index is 11.8. The normalized spacial score (nSPS) is 17.9. The number of amides is 1. The van der Waals surface area contributed by atoms with Gasteiger partial charge >= 0.3 is 10.0 Å². The fourth-order valence-electron chi connectivity index (χ4n) is 6.62. The number of aliphatic hydroxyl groups is 2. The first kappa shape index (κ1) is 52.2. The smallest absolute Gasteiger partial charge is 0.319 e. The minimum absolute atomic E-state index is 0. The number of nitrogens with one attached hydrogen (secondary N) is 1. The van der Waals surface area contributed by atoms with Crippen molar-refractivity contribution in [3.8, 4) is 0 Å². The van der Waals surface area contributed by atoms with Crippen molar-refractivity contribution in [1.82, 2.24) is 9.97 Å². The van der Waals surface area contributed by atoms with Crippen LogP contribution in [0.15, 0.2) is 129 Å². The summed E-state index contributed by atoms with van der Waals surface area (Å²) in [5, 5.41) is 56.9. The number of hydrogen-bond donors (Lipinski definition) is 3. The molecule has 1 amide bonds. The largest absolute Gasteiger partial charge is 0.506 e. The Balaban J connectivity index is 0.000000230. The molecule has 3 N–H and O–H groups in total. The van der Waals surface area contributed by atoms with Crippen LogP contribution in [-0.2, 0) is 36.6 Å². The van der Waals surface area contributed by atoms with Crippen LogP contribution in [0.2, 0.25) is 0 Å². The van der Waals surface area contributed by atoms with Crippen LogP contribution in [0.3, 0.4) is 0 Å². The first-order valence-corrected chi connectivity index (χ1v) is 21.7. The fraction of sp³-hybridized carbons (Fsp3) is 0.227. The van der Waals surface area contributed by atoms with Gasteiger partial charge in [0, 0.05) is 94.3 Å². The number of aliphatic hydroxyl groups excluding tert-OH is 2. The van der Waals surface area contributed by atoms with Crippen LogP contribution in [0.1, 0.15) is 52.2 Å². The van der Waals surface area contributed by atoms with Crippen LogP contribution in [0.5, 0.6) is 0 Å². The Morgan fingerprint density at radius 2 is 1.36 bits per heavy atom. The quantitative estimate of drug-likeness (QED) is 0.0629. The molecule has 0 saturated heterocycles. The minimum atomic E-state index is -0.583. The zero-order chi connectivity index (χ0) is 48.1. The van der Waals surface area contributed by atoms with E-state index >= 15 is 0 Å². The maximum atomic E-state index is 11.8. The van der Waals surface area contributed by atoms with E-state index < -0.39 is 9.85 Å². The molecule has 1 radical (unpaired) electrons. The van der Waals surface area contributed by atoms with E-state index in [4.69, 9.17) is 0 Å². The summed E-state index contributed by atoms with van der Waals surface area (Å²) < 4.78 is 2.29. The predicted molar refractivity (Wildman–Crippen MR) is 253 cm³/mol. The van der Waals surface area contributed by atoms with Crippen LogP contribution in [0.4, 0.5) is 27.1 Å². The van der Waals surface area contributed by atoms with Crippen molar-refractivity contribution in [3.63, 3.8) is 0 Å².